The van der Waals surface area contributed by atoms with Gasteiger partial charge in [-0.25, -0.2) is 0 Å². The smallest absolute Gasteiger partial charge is 0.287 e. The van der Waals surface area contributed by atoms with Crippen molar-refractivity contribution in [1.82, 2.24) is 5.32 Å². The molecule has 0 atom stereocenters. The van der Waals surface area contributed by atoms with Gasteiger partial charge in [0, 0.05) is 17.0 Å². The van der Waals surface area contributed by atoms with Crippen LogP contribution in [0.15, 0.2) is 22.6 Å². The first-order valence-corrected chi connectivity index (χ1v) is 8.66. The van der Waals surface area contributed by atoms with Crippen molar-refractivity contribution >= 4 is 16.9 Å². The van der Waals surface area contributed by atoms with Gasteiger partial charge in [0.25, 0.3) is 5.91 Å². The fourth-order valence-electron chi connectivity index (χ4n) is 3.35. The van der Waals surface area contributed by atoms with E-state index in [0.29, 0.717) is 12.4 Å². The standard InChI is InChI=1S/C19H25NO3/c1-3-22-15-10-11-17-16(12-15)13(2)18(23-17)19(21)20-14-8-6-4-5-7-9-14/h10-12,14H,3-9H2,1-2H3,(H,20,21). The molecule has 1 aliphatic carbocycles. The Balaban J connectivity index is 1.81. The lowest BCUT2D eigenvalue weighted by molar-refractivity contribution is 0.0906. The highest BCUT2D eigenvalue weighted by Crippen LogP contribution is 2.29. The summed E-state index contributed by atoms with van der Waals surface area (Å²) in [5.74, 6) is 1.14. The summed E-state index contributed by atoms with van der Waals surface area (Å²) in [6.07, 6.45) is 7.08. The zero-order chi connectivity index (χ0) is 16.2. The van der Waals surface area contributed by atoms with E-state index in [2.05, 4.69) is 5.32 Å². The molecule has 0 aliphatic heterocycles. The van der Waals surface area contributed by atoms with Crippen LogP contribution < -0.4 is 10.1 Å². The molecule has 1 N–H and O–H groups in total. The van der Waals surface area contributed by atoms with Gasteiger partial charge in [0.15, 0.2) is 5.76 Å². The number of fused-ring (bicyclic) bond motifs is 1. The second kappa shape index (κ2) is 7.07. The van der Waals surface area contributed by atoms with Gasteiger partial charge >= 0.3 is 0 Å². The summed E-state index contributed by atoms with van der Waals surface area (Å²) in [7, 11) is 0. The molecule has 1 saturated carbocycles. The van der Waals surface area contributed by atoms with Gasteiger partial charge in [0.05, 0.1) is 6.61 Å². The zero-order valence-electron chi connectivity index (χ0n) is 14.0. The Hall–Kier alpha value is -1.97. The summed E-state index contributed by atoms with van der Waals surface area (Å²) >= 11 is 0. The number of rotatable bonds is 4. The predicted octanol–water partition coefficient (Wildman–Crippen LogP) is 4.59. The van der Waals surface area contributed by atoms with E-state index in [9.17, 15) is 4.79 Å². The average Bonchev–Trinajstić information content (AvgIpc) is 2.72. The number of aryl methyl sites for hydroxylation is 1. The number of benzene rings is 1. The van der Waals surface area contributed by atoms with Crippen LogP contribution in [0.4, 0.5) is 0 Å². The third kappa shape index (κ3) is 3.52. The van der Waals surface area contributed by atoms with Crippen LogP contribution in [0.25, 0.3) is 11.0 Å². The molecule has 2 aromatic rings. The van der Waals surface area contributed by atoms with Crippen LogP contribution in [-0.4, -0.2) is 18.6 Å². The minimum absolute atomic E-state index is 0.0939. The first-order chi connectivity index (χ1) is 11.2. The summed E-state index contributed by atoms with van der Waals surface area (Å²) in [6.45, 7) is 4.51. The van der Waals surface area contributed by atoms with E-state index >= 15 is 0 Å². The molecule has 1 heterocycles. The number of nitrogens with one attached hydrogen (secondary N) is 1. The van der Waals surface area contributed by atoms with E-state index in [0.717, 1.165) is 35.1 Å². The maximum Gasteiger partial charge on any atom is 0.287 e. The van der Waals surface area contributed by atoms with Gasteiger partial charge in [-0.3, -0.25) is 4.79 Å². The van der Waals surface area contributed by atoms with Crippen LogP contribution in [0.5, 0.6) is 5.75 Å². The van der Waals surface area contributed by atoms with Gasteiger partial charge in [-0.2, -0.15) is 0 Å². The van der Waals surface area contributed by atoms with Crippen molar-refractivity contribution in [3.8, 4) is 5.75 Å². The number of furan rings is 1. The van der Waals surface area contributed by atoms with Gasteiger partial charge < -0.3 is 14.5 Å². The molecular formula is C19H25NO3. The third-order valence-electron chi connectivity index (χ3n) is 4.62. The van der Waals surface area contributed by atoms with Crippen LogP contribution in [0.3, 0.4) is 0 Å². The number of amides is 1. The van der Waals surface area contributed by atoms with Crippen molar-refractivity contribution in [3.05, 3.63) is 29.5 Å². The SMILES string of the molecule is CCOc1ccc2oc(C(=O)NC3CCCCCC3)c(C)c2c1. The molecule has 1 aliphatic rings. The Labute approximate surface area is 137 Å². The fraction of sp³-hybridized carbons (Fsp3) is 0.526. The van der Waals surface area contributed by atoms with Gasteiger partial charge in [-0.15, -0.1) is 0 Å². The molecule has 1 fully saturated rings. The summed E-state index contributed by atoms with van der Waals surface area (Å²) in [5.41, 5.74) is 1.62. The highest BCUT2D eigenvalue weighted by molar-refractivity contribution is 5.99. The van der Waals surface area contributed by atoms with Crippen molar-refractivity contribution in [1.29, 1.82) is 0 Å². The average molecular weight is 315 g/mol. The molecular weight excluding hydrogens is 290 g/mol. The second-order valence-electron chi connectivity index (χ2n) is 6.31. The maximum atomic E-state index is 12.6. The minimum atomic E-state index is -0.0939. The van der Waals surface area contributed by atoms with Crippen molar-refractivity contribution in [2.75, 3.05) is 6.61 Å². The second-order valence-corrected chi connectivity index (χ2v) is 6.31. The van der Waals surface area contributed by atoms with Gasteiger partial charge in [0.2, 0.25) is 0 Å². The quantitative estimate of drug-likeness (QED) is 0.839. The van der Waals surface area contributed by atoms with Gasteiger partial charge in [0.1, 0.15) is 11.3 Å². The molecule has 1 aromatic heterocycles. The molecule has 0 saturated heterocycles. The van der Waals surface area contributed by atoms with E-state index in [1.54, 1.807) is 0 Å². The van der Waals surface area contributed by atoms with Crippen LogP contribution in [-0.2, 0) is 0 Å². The number of hydrogen-bond donors (Lipinski definition) is 1. The maximum absolute atomic E-state index is 12.6. The Morgan fingerprint density at radius 1 is 1.26 bits per heavy atom. The van der Waals surface area contributed by atoms with Crippen LogP contribution in [0, 0.1) is 6.92 Å². The lowest BCUT2D eigenvalue weighted by atomic mass is 10.1. The lowest BCUT2D eigenvalue weighted by Crippen LogP contribution is -2.34. The highest BCUT2D eigenvalue weighted by Gasteiger charge is 2.21. The van der Waals surface area contributed by atoms with Crippen LogP contribution in [0.2, 0.25) is 0 Å². The molecule has 1 amide bonds. The summed E-state index contributed by atoms with van der Waals surface area (Å²) in [6, 6.07) is 5.97. The summed E-state index contributed by atoms with van der Waals surface area (Å²) < 4.78 is 11.3. The number of hydrogen-bond acceptors (Lipinski definition) is 3. The van der Waals surface area contributed by atoms with E-state index in [-0.39, 0.29) is 11.9 Å². The predicted molar refractivity (Wildman–Crippen MR) is 91.1 cm³/mol. The number of ether oxygens (including phenoxy) is 1. The first-order valence-electron chi connectivity index (χ1n) is 8.66. The number of carbonyl (C=O) groups is 1. The summed E-state index contributed by atoms with van der Waals surface area (Å²) in [4.78, 5) is 12.6. The highest BCUT2D eigenvalue weighted by atomic mass is 16.5. The molecule has 23 heavy (non-hydrogen) atoms. The first kappa shape index (κ1) is 15.9. The van der Waals surface area contributed by atoms with Crippen molar-refractivity contribution < 1.29 is 13.9 Å². The fourth-order valence-corrected chi connectivity index (χ4v) is 3.35. The topological polar surface area (TPSA) is 51.5 Å². The summed E-state index contributed by atoms with van der Waals surface area (Å²) in [5, 5.41) is 4.10. The molecule has 1 aromatic carbocycles. The van der Waals surface area contributed by atoms with Crippen LogP contribution >= 0.6 is 0 Å². The Kier molecular flexibility index (Phi) is 4.89. The lowest BCUT2D eigenvalue weighted by Gasteiger charge is -2.15. The largest absolute Gasteiger partial charge is 0.494 e. The van der Waals surface area contributed by atoms with Crippen LogP contribution in [0.1, 0.15) is 61.6 Å². The number of carbonyl (C=O) groups excluding carboxylic acids is 1. The van der Waals surface area contributed by atoms with E-state index in [1.165, 1.54) is 25.7 Å². The van der Waals surface area contributed by atoms with Crippen molar-refractivity contribution in [2.45, 2.75) is 58.4 Å². The molecule has 0 bridgehead atoms. The molecule has 0 spiro atoms. The Bertz CT molecular complexity index is 681. The van der Waals surface area contributed by atoms with E-state index in [4.69, 9.17) is 9.15 Å². The molecule has 124 valence electrons. The molecule has 0 radical (unpaired) electrons. The molecule has 4 heteroatoms. The minimum Gasteiger partial charge on any atom is -0.494 e. The Morgan fingerprint density at radius 2 is 2.00 bits per heavy atom. The van der Waals surface area contributed by atoms with E-state index in [1.807, 2.05) is 32.0 Å². The normalized spacial score (nSPS) is 16.3. The van der Waals surface area contributed by atoms with Crippen molar-refractivity contribution in [3.63, 3.8) is 0 Å². The third-order valence-corrected chi connectivity index (χ3v) is 4.62. The van der Waals surface area contributed by atoms with Crippen molar-refractivity contribution in [2.24, 2.45) is 0 Å². The van der Waals surface area contributed by atoms with Gasteiger partial charge in [-0.1, -0.05) is 25.7 Å². The molecule has 3 rings (SSSR count). The Morgan fingerprint density at radius 3 is 2.70 bits per heavy atom. The molecule has 0 unspecified atom stereocenters. The molecule has 4 nitrogen and oxygen atoms in total. The van der Waals surface area contributed by atoms with Gasteiger partial charge in [-0.05, 0) is 44.9 Å². The zero-order valence-corrected chi connectivity index (χ0v) is 14.0. The van der Waals surface area contributed by atoms with E-state index < -0.39 is 0 Å². The monoisotopic (exact) mass is 315 g/mol.